The minimum absolute atomic E-state index is 0.344. The summed E-state index contributed by atoms with van der Waals surface area (Å²) < 4.78 is 26.1. The molecule has 5 nitrogen and oxygen atoms in total. The Kier molecular flexibility index (Phi) is 6.08. The lowest BCUT2D eigenvalue weighted by Crippen LogP contribution is -2.47. The molecule has 2 aromatic carbocycles. The predicted octanol–water partition coefficient (Wildman–Crippen LogP) is 3.80. The lowest BCUT2D eigenvalue weighted by atomic mass is 10.1. The molecule has 0 radical (unpaired) electrons. The molecule has 0 saturated heterocycles. The van der Waals surface area contributed by atoms with E-state index in [2.05, 4.69) is 5.32 Å². The lowest BCUT2D eigenvalue weighted by Gasteiger charge is -2.30. The van der Waals surface area contributed by atoms with E-state index in [0.717, 1.165) is 22.9 Å². The van der Waals surface area contributed by atoms with E-state index < -0.39 is 16.1 Å². The van der Waals surface area contributed by atoms with Crippen molar-refractivity contribution in [3.8, 4) is 0 Å². The molecule has 1 N–H and O–H groups in total. The molecule has 1 atom stereocenters. The summed E-state index contributed by atoms with van der Waals surface area (Å²) >= 11 is 0. The van der Waals surface area contributed by atoms with Crippen LogP contribution in [0.4, 0.5) is 11.4 Å². The third kappa shape index (κ3) is 4.85. The van der Waals surface area contributed by atoms with Crippen molar-refractivity contribution >= 4 is 27.3 Å². The van der Waals surface area contributed by atoms with Gasteiger partial charge in [0.15, 0.2) is 0 Å². The van der Waals surface area contributed by atoms with E-state index in [-0.39, 0.29) is 5.91 Å². The average Bonchev–Trinajstić information content (AvgIpc) is 2.51. The second kappa shape index (κ2) is 7.91. The van der Waals surface area contributed by atoms with Crippen LogP contribution in [0.25, 0.3) is 0 Å². The van der Waals surface area contributed by atoms with Gasteiger partial charge < -0.3 is 5.32 Å². The van der Waals surface area contributed by atoms with Crippen LogP contribution in [0.15, 0.2) is 42.5 Å². The van der Waals surface area contributed by atoms with Gasteiger partial charge in [0, 0.05) is 5.69 Å². The maximum absolute atomic E-state index is 12.9. The highest BCUT2D eigenvalue weighted by Crippen LogP contribution is 2.24. The van der Waals surface area contributed by atoms with Crippen molar-refractivity contribution in [3.63, 3.8) is 0 Å². The highest BCUT2D eigenvalue weighted by atomic mass is 32.2. The number of carbonyl (C=O) groups excluding carboxylic acids is 1. The largest absolute Gasteiger partial charge is 0.324 e. The highest BCUT2D eigenvalue weighted by molar-refractivity contribution is 7.92. The van der Waals surface area contributed by atoms with Crippen LogP contribution >= 0.6 is 0 Å². The van der Waals surface area contributed by atoms with E-state index in [1.807, 2.05) is 51.1 Å². The molecule has 0 aliphatic heterocycles. The van der Waals surface area contributed by atoms with Crippen molar-refractivity contribution in [2.24, 2.45) is 0 Å². The topological polar surface area (TPSA) is 66.5 Å². The molecule has 26 heavy (non-hydrogen) atoms. The van der Waals surface area contributed by atoms with Gasteiger partial charge in [-0.1, -0.05) is 30.7 Å². The van der Waals surface area contributed by atoms with Gasteiger partial charge >= 0.3 is 0 Å². The Morgan fingerprint density at radius 3 is 2.00 bits per heavy atom. The van der Waals surface area contributed by atoms with Crippen molar-refractivity contribution < 1.29 is 13.2 Å². The van der Waals surface area contributed by atoms with Crippen molar-refractivity contribution in [1.82, 2.24) is 0 Å². The fourth-order valence-electron chi connectivity index (χ4n) is 3.02. The molecular formula is C20H26N2O3S. The smallest absolute Gasteiger partial charge is 0.248 e. The summed E-state index contributed by atoms with van der Waals surface area (Å²) in [6, 6.07) is 12.1. The third-order valence-electron chi connectivity index (χ3n) is 4.11. The number of nitrogens with zero attached hydrogens (tertiary/aromatic N) is 1. The molecular weight excluding hydrogens is 348 g/mol. The number of hydrogen-bond donors (Lipinski definition) is 1. The van der Waals surface area contributed by atoms with Crippen LogP contribution < -0.4 is 9.62 Å². The van der Waals surface area contributed by atoms with E-state index >= 15 is 0 Å². The molecule has 6 heteroatoms. The van der Waals surface area contributed by atoms with Crippen LogP contribution in [0.1, 0.15) is 30.0 Å². The highest BCUT2D eigenvalue weighted by Gasteiger charge is 2.31. The zero-order valence-corrected chi connectivity index (χ0v) is 16.7. The zero-order valence-electron chi connectivity index (χ0n) is 15.9. The predicted molar refractivity (Wildman–Crippen MR) is 107 cm³/mol. The lowest BCUT2D eigenvalue weighted by molar-refractivity contribution is -0.117. The Bertz CT molecular complexity index is 870. The first kappa shape index (κ1) is 20.0. The molecule has 2 aromatic rings. The standard InChI is InChI=1S/C20H26N2O3S/c1-6-19(20(23)21-17-12-15(3)11-16(4)13-17)22(26(5,24)25)18-9-7-14(2)8-10-18/h7-13,19H,6H2,1-5H3,(H,21,23)/t19-/m0/s1. The molecule has 0 bridgehead atoms. The molecule has 2 rings (SSSR count). The minimum Gasteiger partial charge on any atom is -0.324 e. The van der Waals surface area contributed by atoms with Crippen LogP contribution in [0.3, 0.4) is 0 Å². The summed E-state index contributed by atoms with van der Waals surface area (Å²) in [7, 11) is -3.62. The van der Waals surface area contributed by atoms with E-state index in [4.69, 9.17) is 0 Å². The van der Waals surface area contributed by atoms with Gasteiger partial charge in [-0.05, 0) is 62.6 Å². The van der Waals surface area contributed by atoms with E-state index in [1.165, 1.54) is 4.31 Å². The first-order valence-electron chi connectivity index (χ1n) is 8.57. The SMILES string of the molecule is CC[C@@H](C(=O)Nc1cc(C)cc(C)c1)N(c1ccc(C)cc1)S(C)(=O)=O. The second-order valence-electron chi connectivity index (χ2n) is 6.68. The van der Waals surface area contributed by atoms with Gasteiger partial charge in [-0.2, -0.15) is 0 Å². The number of anilines is 2. The molecule has 0 aliphatic rings. The maximum Gasteiger partial charge on any atom is 0.248 e. The summed E-state index contributed by atoms with van der Waals surface area (Å²) in [5.41, 5.74) is 4.25. The molecule has 0 saturated carbocycles. The molecule has 140 valence electrons. The second-order valence-corrected chi connectivity index (χ2v) is 8.54. The van der Waals surface area contributed by atoms with Crippen molar-refractivity contribution in [2.75, 3.05) is 15.9 Å². The number of aryl methyl sites for hydroxylation is 3. The molecule has 0 unspecified atom stereocenters. The quantitative estimate of drug-likeness (QED) is 0.836. The summed E-state index contributed by atoms with van der Waals surface area (Å²) in [6.45, 7) is 7.64. The average molecular weight is 375 g/mol. The van der Waals surface area contributed by atoms with Gasteiger partial charge in [-0.15, -0.1) is 0 Å². The number of amides is 1. The van der Waals surface area contributed by atoms with Crippen molar-refractivity contribution in [1.29, 1.82) is 0 Å². The maximum atomic E-state index is 12.9. The molecule has 0 heterocycles. The number of carbonyl (C=O) groups is 1. The Labute approximate surface area is 156 Å². The van der Waals surface area contributed by atoms with Gasteiger partial charge in [0.1, 0.15) is 6.04 Å². The van der Waals surface area contributed by atoms with Gasteiger partial charge in [0.2, 0.25) is 15.9 Å². The Balaban J connectivity index is 2.37. The van der Waals surface area contributed by atoms with Gasteiger partial charge in [0.05, 0.1) is 11.9 Å². The van der Waals surface area contributed by atoms with E-state index in [1.54, 1.807) is 19.1 Å². The third-order valence-corrected chi connectivity index (χ3v) is 5.29. The molecule has 0 fully saturated rings. The Morgan fingerprint density at radius 2 is 1.54 bits per heavy atom. The van der Waals surface area contributed by atoms with Crippen molar-refractivity contribution in [2.45, 2.75) is 40.2 Å². The number of sulfonamides is 1. The van der Waals surface area contributed by atoms with Crippen LogP contribution in [0, 0.1) is 20.8 Å². The first-order chi connectivity index (χ1) is 12.1. The number of hydrogen-bond acceptors (Lipinski definition) is 3. The fraction of sp³-hybridized carbons (Fsp3) is 0.350. The van der Waals surface area contributed by atoms with Crippen molar-refractivity contribution in [3.05, 3.63) is 59.2 Å². The van der Waals surface area contributed by atoms with Crippen LogP contribution in [0.5, 0.6) is 0 Å². The van der Waals surface area contributed by atoms with Crippen LogP contribution in [-0.2, 0) is 14.8 Å². The zero-order chi connectivity index (χ0) is 19.5. The van der Waals surface area contributed by atoms with Gasteiger partial charge in [-0.3, -0.25) is 9.10 Å². The van der Waals surface area contributed by atoms with Crippen LogP contribution in [-0.4, -0.2) is 26.6 Å². The summed E-state index contributed by atoms with van der Waals surface area (Å²) in [5.74, 6) is -0.344. The van der Waals surface area contributed by atoms with E-state index in [9.17, 15) is 13.2 Å². The molecule has 0 aliphatic carbocycles. The van der Waals surface area contributed by atoms with Crippen LogP contribution in [0.2, 0.25) is 0 Å². The minimum atomic E-state index is -3.62. The normalized spacial score (nSPS) is 12.5. The number of rotatable bonds is 6. The number of benzene rings is 2. The monoisotopic (exact) mass is 374 g/mol. The Hall–Kier alpha value is -2.34. The number of nitrogens with one attached hydrogen (secondary N) is 1. The molecule has 0 aromatic heterocycles. The van der Waals surface area contributed by atoms with Gasteiger partial charge in [0.25, 0.3) is 0 Å². The molecule has 1 amide bonds. The Morgan fingerprint density at radius 1 is 1.00 bits per heavy atom. The summed E-state index contributed by atoms with van der Waals surface area (Å²) in [6.07, 6.45) is 1.48. The fourth-order valence-corrected chi connectivity index (χ4v) is 4.24. The molecule has 0 spiro atoms. The van der Waals surface area contributed by atoms with E-state index in [0.29, 0.717) is 17.8 Å². The summed E-state index contributed by atoms with van der Waals surface area (Å²) in [4.78, 5) is 12.9. The van der Waals surface area contributed by atoms with Gasteiger partial charge in [-0.25, -0.2) is 8.42 Å². The first-order valence-corrected chi connectivity index (χ1v) is 10.4. The summed E-state index contributed by atoms with van der Waals surface area (Å²) in [5, 5.41) is 2.86.